The molecular formula is C12H14ClNO3. The first-order chi connectivity index (χ1) is 8.04. The van der Waals surface area contributed by atoms with Crippen LogP contribution < -0.4 is 5.32 Å². The van der Waals surface area contributed by atoms with Gasteiger partial charge in [-0.1, -0.05) is 17.7 Å². The van der Waals surface area contributed by atoms with Crippen LogP contribution in [-0.2, 0) is 9.53 Å². The largest absolute Gasteiger partial charge is 0.386 e. The van der Waals surface area contributed by atoms with Gasteiger partial charge in [-0.05, 0) is 24.1 Å². The fourth-order valence-corrected chi connectivity index (χ4v) is 2.22. The van der Waals surface area contributed by atoms with E-state index in [9.17, 15) is 9.90 Å². The van der Waals surface area contributed by atoms with Crippen LogP contribution >= 0.6 is 11.6 Å². The van der Waals surface area contributed by atoms with Crippen molar-refractivity contribution in [2.24, 2.45) is 0 Å². The molecule has 2 unspecified atom stereocenters. The van der Waals surface area contributed by atoms with Gasteiger partial charge in [-0.25, -0.2) is 0 Å². The zero-order valence-electron chi connectivity index (χ0n) is 9.66. The number of hydrogen-bond acceptors (Lipinski definition) is 3. The maximum atomic E-state index is 11.5. The minimum atomic E-state index is -0.731. The van der Waals surface area contributed by atoms with E-state index in [2.05, 4.69) is 5.32 Å². The van der Waals surface area contributed by atoms with Crippen molar-refractivity contribution in [2.75, 3.05) is 19.0 Å². The first kappa shape index (κ1) is 12.4. The third-order valence-electron chi connectivity index (χ3n) is 2.96. The summed E-state index contributed by atoms with van der Waals surface area (Å²) in [5.74, 6) is -0.308. The van der Waals surface area contributed by atoms with Crippen LogP contribution in [0.2, 0.25) is 5.02 Å². The van der Waals surface area contributed by atoms with Gasteiger partial charge in [0, 0.05) is 7.11 Å². The second-order valence-electron chi connectivity index (χ2n) is 4.15. The number of aliphatic hydroxyl groups is 1. The summed E-state index contributed by atoms with van der Waals surface area (Å²) in [6.07, 6.45) is -0.731. The summed E-state index contributed by atoms with van der Waals surface area (Å²) < 4.78 is 4.89. The van der Waals surface area contributed by atoms with Crippen molar-refractivity contribution in [1.29, 1.82) is 0 Å². The molecule has 92 valence electrons. The molecule has 2 N–H and O–H groups in total. The van der Waals surface area contributed by atoms with Gasteiger partial charge in [-0.3, -0.25) is 4.79 Å². The van der Waals surface area contributed by atoms with E-state index in [1.54, 1.807) is 12.1 Å². The molecule has 0 aromatic heterocycles. The molecule has 4 nitrogen and oxygen atoms in total. The Hall–Kier alpha value is -1.10. The maximum Gasteiger partial charge on any atom is 0.231 e. The lowest BCUT2D eigenvalue weighted by molar-refractivity contribution is -0.116. The van der Waals surface area contributed by atoms with Crippen LogP contribution in [-0.4, -0.2) is 24.7 Å². The predicted molar refractivity (Wildman–Crippen MR) is 65.3 cm³/mol. The number of carbonyl (C=O) groups is 1. The van der Waals surface area contributed by atoms with Crippen LogP contribution in [0.4, 0.5) is 5.69 Å². The summed E-state index contributed by atoms with van der Waals surface area (Å²) in [5.41, 5.74) is 2.14. The summed E-state index contributed by atoms with van der Waals surface area (Å²) in [7, 11) is 1.52. The van der Waals surface area contributed by atoms with Gasteiger partial charge in [-0.15, -0.1) is 0 Å². The minimum Gasteiger partial charge on any atom is -0.386 e. The van der Waals surface area contributed by atoms with Crippen LogP contribution in [0.5, 0.6) is 0 Å². The number of ether oxygens (including phenoxy) is 1. The highest BCUT2D eigenvalue weighted by molar-refractivity contribution is 6.34. The molecule has 2 rings (SSSR count). The molecule has 0 saturated heterocycles. The number of methoxy groups -OCH3 is 1. The van der Waals surface area contributed by atoms with Crippen molar-refractivity contribution in [2.45, 2.75) is 18.9 Å². The minimum absolute atomic E-state index is 0.0692. The molecule has 1 aliphatic rings. The summed E-state index contributed by atoms with van der Waals surface area (Å²) in [6.45, 7) is 2.01. The summed E-state index contributed by atoms with van der Waals surface area (Å²) in [4.78, 5) is 11.5. The van der Waals surface area contributed by atoms with Gasteiger partial charge in [0.15, 0.2) is 0 Å². The SMILES string of the molecule is COCC(O)c1cc(Cl)c2c(c1)C(C)C(=O)N2. The number of amides is 1. The van der Waals surface area contributed by atoms with E-state index in [0.717, 1.165) is 5.56 Å². The Balaban J connectivity index is 2.41. The van der Waals surface area contributed by atoms with Gasteiger partial charge in [-0.2, -0.15) is 0 Å². The zero-order chi connectivity index (χ0) is 12.6. The highest BCUT2D eigenvalue weighted by Crippen LogP contribution is 2.39. The van der Waals surface area contributed by atoms with E-state index < -0.39 is 6.10 Å². The molecule has 1 aromatic rings. The number of aliphatic hydroxyl groups excluding tert-OH is 1. The van der Waals surface area contributed by atoms with Crippen LogP contribution in [0.1, 0.15) is 30.1 Å². The van der Waals surface area contributed by atoms with E-state index >= 15 is 0 Å². The van der Waals surface area contributed by atoms with Crippen molar-refractivity contribution < 1.29 is 14.6 Å². The summed E-state index contributed by atoms with van der Waals surface area (Å²) in [6, 6.07) is 3.45. The maximum absolute atomic E-state index is 11.5. The molecule has 1 aliphatic heterocycles. The molecule has 0 spiro atoms. The first-order valence-electron chi connectivity index (χ1n) is 5.35. The Labute approximate surface area is 105 Å². The van der Waals surface area contributed by atoms with Crippen LogP contribution in [0.15, 0.2) is 12.1 Å². The number of nitrogens with one attached hydrogen (secondary N) is 1. The van der Waals surface area contributed by atoms with Crippen molar-refractivity contribution in [1.82, 2.24) is 0 Å². The van der Waals surface area contributed by atoms with Gasteiger partial charge in [0.1, 0.15) is 6.10 Å². The van der Waals surface area contributed by atoms with Crippen molar-refractivity contribution in [3.63, 3.8) is 0 Å². The number of anilines is 1. The fraction of sp³-hybridized carbons (Fsp3) is 0.417. The van der Waals surface area contributed by atoms with E-state index in [0.29, 0.717) is 16.3 Å². The summed E-state index contributed by atoms with van der Waals surface area (Å²) in [5, 5.41) is 13.0. The highest BCUT2D eigenvalue weighted by atomic mass is 35.5. The molecule has 1 heterocycles. The monoisotopic (exact) mass is 255 g/mol. The Morgan fingerprint density at radius 2 is 2.29 bits per heavy atom. The van der Waals surface area contributed by atoms with E-state index in [1.807, 2.05) is 6.92 Å². The number of hydrogen-bond donors (Lipinski definition) is 2. The van der Waals surface area contributed by atoms with E-state index in [4.69, 9.17) is 16.3 Å². The molecule has 5 heteroatoms. The van der Waals surface area contributed by atoms with Crippen LogP contribution in [0.25, 0.3) is 0 Å². The lowest BCUT2D eigenvalue weighted by Gasteiger charge is -2.13. The molecule has 17 heavy (non-hydrogen) atoms. The lowest BCUT2D eigenvalue weighted by Crippen LogP contribution is -2.08. The Kier molecular flexibility index (Phi) is 3.38. The zero-order valence-corrected chi connectivity index (χ0v) is 10.4. The van der Waals surface area contributed by atoms with Gasteiger partial charge < -0.3 is 15.2 Å². The average Bonchev–Trinajstić information content (AvgIpc) is 2.57. The molecular weight excluding hydrogens is 242 g/mol. The van der Waals surface area contributed by atoms with E-state index in [1.165, 1.54) is 7.11 Å². The molecule has 0 saturated carbocycles. The second kappa shape index (κ2) is 4.64. The second-order valence-corrected chi connectivity index (χ2v) is 4.56. The Bertz CT molecular complexity index is 461. The molecule has 0 radical (unpaired) electrons. The molecule has 0 bridgehead atoms. The molecule has 0 aliphatic carbocycles. The quantitative estimate of drug-likeness (QED) is 0.869. The average molecular weight is 256 g/mol. The molecule has 1 aromatic carbocycles. The number of rotatable bonds is 3. The van der Waals surface area contributed by atoms with Crippen molar-refractivity contribution >= 4 is 23.2 Å². The lowest BCUT2D eigenvalue weighted by atomic mass is 9.98. The molecule has 1 amide bonds. The summed E-state index contributed by atoms with van der Waals surface area (Å²) >= 11 is 6.08. The third kappa shape index (κ3) is 2.16. The smallest absolute Gasteiger partial charge is 0.231 e. The Morgan fingerprint density at radius 3 is 2.94 bits per heavy atom. The topological polar surface area (TPSA) is 58.6 Å². The number of fused-ring (bicyclic) bond motifs is 1. The first-order valence-corrected chi connectivity index (χ1v) is 5.73. The number of halogens is 1. The normalized spacial score (nSPS) is 20.0. The highest BCUT2D eigenvalue weighted by Gasteiger charge is 2.29. The third-order valence-corrected chi connectivity index (χ3v) is 3.26. The van der Waals surface area contributed by atoms with Gasteiger partial charge in [0.2, 0.25) is 5.91 Å². The fourth-order valence-electron chi connectivity index (χ4n) is 1.94. The van der Waals surface area contributed by atoms with Gasteiger partial charge >= 0.3 is 0 Å². The number of carbonyl (C=O) groups excluding carboxylic acids is 1. The van der Waals surface area contributed by atoms with Crippen molar-refractivity contribution in [3.8, 4) is 0 Å². The van der Waals surface area contributed by atoms with Crippen molar-refractivity contribution in [3.05, 3.63) is 28.3 Å². The number of benzene rings is 1. The van der Waals surface area contributed by atoms with Crippen LogP contribution in [0.3, 0.4) is 0 Å². The molecule has 2 atom stereocenters. The van der Waals surface area contributed by atoms with Crippen LogP contribution in [0, 0.1) is 0 Å². The van der Waals surface area contributed by atoms with Gasteiger partial charge in [0.05, 0.1) is 23.2 Å². The van der Waals surface area contributed by atoms with E-state index in [-0.39, 0.29) is 18.4 Å². The Morgan fingerprint density at radius 1 is 1.59 bits per heavy atom. The predicted octanol–water partition coefficient (Wildman–Crippen LogP) is 2.08. The molecule has 0 fully saturated rings. The van der Waals surface area contributed by atoms with Gasteiger partial charge in [0.25, 0.3) is 0 Å². The standard InChI is InChI=1S/C12H14ClNO3/c1-6-8-3-7(10(15)5-17-2)4-9(13)11(8)14-12(6)16/h3-4,6,10,15H,5H2,1-2H3,(H,14,16).